The summed E-state index contributed by atoms with van der Waals surface area (Å²) in [7, 11) is 0. The van der Waals surface area contributed by atoms with Crippen molar-refractivity contribution in [2.45, 2.75) is 254 Å². The molecule has 20 rings (SSSR count). The normalized spacial score (nSPS) is 39.9. The van der Waals surface area contributed by atoms with Crippen LogP contribution in [0.1, 0.15) is 180 Å². The van der Waals surface area contributed by atoms with Crippen LogP contribution >= 0.6 is 0 Å². The van der Waals surface area contributed by atoms with Crippen molar-refractivity contribution in [1.29, 1.82) is 0 Å². The molecule has 0 radical (unpaired) electrons. The third-order valence-electron chi connectivity index (χ3n) is 35.0. The molecule has 0 bridgehead atoms. The number of aryl methyl sites for hydroxylation is 7. The lowest BCUT2D eigenvalue weighted by Crippen LogP contribution is -2.70. The molecule has 14 aliphatic rings. The van der Waals surface area contributed by atoms with E-state index in [0.717, 1.165) is 108 Å². The summed E-state index contributed by atoms with van der Waals surface area (Å²) in [4.78, 5) is 86.4. The molecule has 137 heavy (non-hydrogen) atoms. The molecular weight excluding hydrogens is 1770 g/mol. The third kappa shape index (κ3) is 15.5. The maximum atomic E-state index is 17.6. The van der Waals surface area contributed by atoms with Gasteiger partial charge in [-0.1, -0.05) is 173 Å². The molecule has 2 saturated heterocycles. The van der Waals surface area contributed by atoms with Gasteiger partial charge in [0.05, 0.1) is 36.6 Å². The van der Waals surface area contributed by atoms with Crippen LogP contribution in [0.5, 0.6) is 0 Å². The number of ether oxygens (including phenoxy) is 4. The largest absolute Gasteiger partial charge is 0.399 e. The van der Waals surface area contributed by atoms with Crippen molar-refractivity contribution in [2.75, 3.05) is 31.3 Å². The van der Waals surface area contributed by atoms with Crippen LogP contribution in [0.4, 0.5) is 37.7 Å². The Morgan fingerprint density at radius 2 is 0.737 bits per heavy atom. The Kier molecular flexibility index (Phi) is 26.8. The van der Waals surface area contributed by atoms with Crippen molar-refractivity contribution < 1.29 is 120 Å². The summed E-state index contributed by atoms with van der Waals surface area (Å²) in [5.74, 6) is -8.54. The molecule has 6 aromatic rings. The van der Waals surface area contributed by atoms with E-state index in [1.54, 1.807) is 27.7 Å². The number of allylic oxidation sites excluding steroid dienone is 12. The van der Waals surface area contributed by atoms with Gasteiger partial charge in [-0.25, -0.2) is 26.3 Å². The summed E-state index contributed by atoms with van der Waals surface area (Å²) < 4.78 is 125. The summed E-state index contributed by atoms with van der Waals surface area (Å²) in [6, 6.07) is 47.4. The maximum Gasteiger partial charge on any atom is 0.193 e. The van der Waals surface area contributed by atoms with Gasteiger partial charge in [0.25, 0.3) is 0 Å². The molecule has 0 aromatic heterocycles. The number of hydrogen-bond acceptors (Lipinski definition) is 21. The minimum Gasteiger partial charge on any atom is -0.399 e. The highest BCUT2D eigenvalue weighted by Crippen LogP contribution is 2.76. The van der Waals surface area contributed by atoms with Crippen LogP contribution in [0.25, 0.3) is 0 Å². The van der Waals surface area contributed by atoms with Crippen LogP contribution in [-0.2, 0) is 86.2 Å². The smallest absolute Gasteiger partial charge is 0.193 e. The summed E-state index contributed by atoms with van der Waals surface area (Å²) in [5.41, 5.74) is 2.85. The average Bonchev–Trinajstić information content (AvgIpc) is 1.54. The van der Waals surface area contributed by atoms with Crippen molar-refractivity contribution in [1.82, 2.24) is 0 Å². The van der Waals surface area contributed by atoms with E-state index in [0.29, 0.717) is 11.1 Å². The lowest BCUT2D eigenvalue weighted by molar-refractivity contribution is -0.235. The number of Topliss-reactive ketones (excluding diaryl/α,β-unsaturated/α-hetero) is 3. The number of nitrogen functional groups attached to an aromatic ring is 2. The molecule has 11 fully saturated rings. The first-order chi connectivity index (χ1) is 64.4. The number of ketones is 6. The summed E-state index contributed by atoms with van der Waals surface area (Å²) >= 11 is 0. The van der Waals surface area contributed by atoms with Gasteiger partial charge in [0.1, 0.15) is 44.6 Å². The van der Waals surface area contributed by atoms with E-state index in [2.05, 4.69) is 31.2 Å². The second-order valence-corrected chi connectivity index (χ2v) is 41.8. The molecule has 29 atom stereocenters. The third-order valence-corrected chi connectivity index (χ3v) is 35.0. The van der Waals surface area contributed by atoms with E-state index < -0.39 is 224 Å². The molecule has 12 N–H and O–H groups in total. The highest BCUT2D eigenvalue weighted by Gasteiger charge is 2.83. The first kappa shape index (κ1) is 100. The highest BCUT2D eigenvalue weighted by atomic mass is 19.2. The average molecular weight is 1890 g/mol. The van der Waals surface area contributed by atoms with Gasteiger partial charge in [0, 0.05) is 78.3 Å². The fraction of sp³-hybridized carbons (Fsp3) is 0.500. The van der Waals surface area contributed by atoms with Crippen molar-refractivity contribution in [2.24, 2.45) is 68.0 Å². The molecule has 0 spiro atoms. The lowest BCUT2D eigenvalue weighted by atomic mass is 9.44. The zero-order valence-electron chi connectivity index (χ0n) is 77.2. The zero-order chi connectivity index (χ0) is 97.5. The number of anilines is 2. The molecule has 12 aliphatic carbocycles. The fourth-order valence-corrected chi connectivity index (χ4v) is 27.9. The Bertz CT molecular complexity index is 5670. The van der Waals surface area contributed by atoms with Gasteiger partial charge in [-0.2, -0.15) is 0 Å². The number of halogens is 6. The number of alkyl halides is 6. The number of carbonyl (C=O) groups is 7. The Hall–Kier alpha value is -9.85. The minimum absolute atomic E-state index is 0. The lowest BCUT2D eigenvalue weighted by Gasteiger charge is -2.63. The minimum atomic E-state index is -2.37. The number of benzene rings is 6. The van der Waals surface area contributed by atoms with Crippen molar-refractivity contribution in [3.8, 4) is 0 Å². The molecule has 0 unspecified atom stereocenters. The van der Waals surface area contributed by atoms with Crippen molar-refractivity contribution >= 4 is 52.4 Å². The molecule has 2 aliphatic heterocycles. The van der Waals surface area contributed by atoms with Crippen molar-refractivity contribution in [3.63, 3.8) is 0 Å². The van der Waals surface area contributed by atoms with Gasteiger partial charge in [0.2, 0.25) is 0 Å². The van der Waals surface area contributed by atoms with Crippen LogP contribution in [0.3, 0.4) is 0 Å². The van der Waals surface area contributed by atoms with Crippen LogP contribution in [0.2, 0.25) is 0 Å². The molecule has 730 valence electrons. The van der Waals surface area contributed by atoms with Crippen LogP contribution in [-0.4, -0.2) is 191 Å². The van der Waals surface area contributed by atoms with Crippen LogP contribution in [0, 0.1) is 74.9 Å². The van der Waals surface area contributed by atoms with E-state index in [1.807, 2.05) is 121 Å². The summed E-state index contributed by atoms with van der Waals surface area (Å²) in [5, 5.41) is 85.7. The van der Waals surface area contributed by atoms with E-state index in [4.69, 9.17) is 30.4 Å². The number of aliphatic hydroxyl groups is 8. The van der Waals surface area contributed by atoms with Gasteiger partial charge >= 0.3 is 0 Å². The van der Waals surface area contributed by atoms with E-state index >= 15 is 26.3 Å². The molecule has 2 heterocycles. The number of rotatable bonds is 18. The molecular formula is C110H124F6N2O19. The molecule has 9 saturated carbocycles. The Morgan fingerprint density at radius 1 is 0.416 bits per heavy atom. The molecule has 21 nitrogen and oxygen atoms in total. The van der Waals surface area contributed by atoms with Crippen molar-refractivity contribution in [3.05, 3.63) is 273 Å². The fourth-order valence-electron chi connectivity index (χ4n) is 27.9. The summed E-state index contributed by atoms with van der Waals surface area (Å²) in [6.07, 6.45) is 1.25. The highest BCUT2D eigenvalue weighted by molar-refractivity contribution is 6.03. The number of hydrogen-bond donors (Lipinski definition) is 10. The number of aldehydes is 1. The standard InChI is InChI=1S/2C36H39F2NO6.C21H26F2O6.C16H16O.CH4/c2*1-33-13-12-24(41)15-27(33)28(37)16-26-25-17-31-36(30(43)19-40,34(25,2)18-29(42)35(26,33)38)45-32(44-31)22-10-8-20(9-11-22)6-7-21-4-3-5-23(39)14-21;1-18-4-3-10(25)5-13(18)14(22)6-12-11-7-15(26)21(29,17(28)9-24)19(11,2)8-16(27)20(12,18)23;1-13-3-2-4-15(11-13)8-5-14-6-9-16(12-17)10-7-14;/h2*3-5,8-15,25-26,28-29,31-32,40,42H,6-7,16-19,39H2,1-2H3;3-5,11-12,14-16,24,26-27,29H,6-9H2,1-2H3;2-4,6-7,9-12H,5,8H2,1H3;1H4/t25-,26-,28-,29-,31+,32+,33-,34-,35-,36+;25-,26-,28-,29-,31+,32-,33-,34-,35-,36+;11-,12-,14-,15+,16-,18-,19-,20-,21-;;/m000../s1. The summed E-state index contributed by atoms with van der Waals surface area (Å²) in [6.45, 7) is 9.02. The van der Waals surface area contributed by atoms with Gasteiger partial charge in [-0.05, 0) is 253 Å². The van der Waals surface area contributed by atoms with Gasteiger partial charge in [-0.3, -0.25) is 33.6 Å². The predicted molar refractivity (Wildman–Crippen MR) is 499 cm³/mol. The second kappa shape index (κ2) is 36.7. The topological polar surface area (TPSA) is 370 Å². The zero-order valence-corrected chi connectivity index (χ0v) is 77.2. The van der Waals surface area contributed by atoms with Gasteiger partial charge in [-0.15, -0.1) is 0 Å². The van der Waals surface area contributed by atoms with Crippen LogP contribution < -0.4 is 11.5 Å². The first-order valence-corrected chi connectivity index (χ1v) is 47.2. The number of aliphatic hydroxyl groups excluding tert-OH is 7. The number of fused-ring (bicyclic) bond motifs is 19. The van der Waals surface area contributed by atoms with E-state index in [1.165, 1.54) is 60.9 Å². The van der Waals surface area contributed by atoms with E-state index in [9.17, 15) is 74.4 Å². The number of carbonyl (C=O) groups excluding carboxylic acids is 7. The molecule has 6 aromatic carbocycles. The van der Waals surface area contributed by atoms with Gasteiger partial charge < -0.3 is 71.3 Å². The molecule has 0 amide bonds. The second-order valence-electron chi connectivity index (χ2n) is 41.8. The van der Waals surface area contributed by atoms with Crippen LogP contribution in [0.15, 0.2) is 217 Å². The number of nitrogens with two attached hydrogens (primary N) is 2. The predicted octanol–water partition coefficient (Wildman–Crippen LogP) is 14.2. The van der Waals surface area contributed by atoms with Gasteiger partial charge in [0.15, 0.2) is 81.1 Å². The maximum absolute atomic E-state index is 17.6. The Balaban J connectivity index is 0.000000139. The quantitative estimate of drug-likeness (QED) is 0.0217. The Labute approximate surface area is 793 Å². The molecule has 27 heteroatoms. The van der Waals surface area contributed by atoms with E-state index in [-0.39, 0.29) is 81.9 Å². The SMILES string of the molecule is C.C[C@]12C=CC(=O)C=C1[C@@H](F)C[C@H]1[C@@H]3C[C@@H](O)[C@](O)(C(=O)CO)[C@@]3(C)C[C@H](O)[C@@]12F.C[C@]12C=CC(=O)C=C1[C@@H](F)C[C@H]1[C@@H]3C[C@H]4O[C@@H](c5ccc(CCc6cccc(N)c6)cc5)O[C@@]4(C(=O)CO)[C@@]3(C)C[C@H](O)[C@@]12F.C[C@]12C=CC(=O)C=C1[C@@H](F)C[C@H]1[C@@H]3C[C@H]4O[C@H](c5ccc(CCc6cccc(N)c6)cc5)O[C@@]4(C(=O)CO)[C@@]3(C)C[C@H](O)[C@@]12F.Cc1cccc(CCc2ccc(C=O)cc2)c1. The monoisotopic (exact) mass is 1890 g/mol. The Morgan fingerprint density at radius 3 is 1.07 bits per heavy atom. The first-order valence-electron chi connectivity index (χ1n) is 47.2.